The quantitative estimate of drug-likeness (QED) is 0.887. The molecule has 2 saturated carbocycles. The molecule has 0 aromatic heterocycles. The number of nitrogens with two attached hydrogens (primary N) is 1. The Bertz CT molecular complexity index is 572. The first kappa shape index (κ1) is 18.3. The number of benzene rings is 1. The van der Waals surface area contributed by atoms with E-state index in [1.54, 1.807) is 0 Å². The molecule has 0 heterocycles. The average Bonchev–Trinajstić information content (AvgIpc) is 3.02. The summed E-state index contributed by atoms with van der Waals surface area (Å²) in [5, 5.41) is 3.21. The van der Waals surface area contributed by atoms with E-state index in [4.69, 9.17) is 5.73 Å². The Morgan fingerprint density at radius 1 is 1.30 bits per heavy atom. The highest BCUT2D eigenvalue weighted by Gasteiger charge is 2.49. The zero-order chi connectivity index (χ0) is 15.9. The van der Waals surface area contributed by atoms with Crippen LogP contribution < -0.4 is 11.1 Å². The number of carbonyl (C=O) groups excluding carboxylic acids is 1. The van der Waals surface area contributed by atoms with E-state index < -0.39 is 0 Å². The van der Waals surface area contributed by atoms with Crippen molar-refractivity contribution < 1.29 is 4.79 Å². The van der Waals surface area contributed by atoms with Gasteiger partial charge in [-0.15, -0.1) is 12.4 Å². The lowest BCUT2D eigenvalue weighted by Crippen LogP contribution is -2.47. The van der Waals surface area contributed by atoms with Gasteiger partial charge in [0.15, 0.2) is 0 Å². The molecule has 1 amide bonds. The first-order chi connectivity index (χ1) is 10.5. The van der Waals surface area contributed by atoms with Crippen LogP contribution >= 0.6 is 12.4 Å². The van der Waals surface area contributed by atoms with E-state index in [1.165, 1.54) is 29.5 Å². The van der Waals surface area contributed by atoms with E-state index in [1.807, 2.05) is 0 Å². The van der Waals surface area contributed by atoms with Gasteiger partial charge in [-0.2, -0.15) is 0 Å². The number of carbonyl (C=O) groups is 1. The molecule has 5 unspecified atom stereocenters. The van der Waals surface area contributed by atoms with Gasteiger partial charge in [0.05, 0.1) is 5.92 Å². The highest BCUT2D eigenvalue weighted by Crippen LogP contribution is 2.47. The molecule has 4 heteroatoms. The van der Waals surface area contributed by atoms with Crippen molar-refractivity contribution in [3.05, 3.63) is 34.9 Å². The molecule has 2 fully saturated rings. The van der Waals surface area contributed by atoms with Crippen molar-refractivity contribution in [3.63, 3.8) is 0 Å². The molecule has 23 heavy (non-hydrogen) atoms. The summed E-state index contributed by atoms with van der Waals surface area (Å²) in [5.74, 6) is 1.32. The molecule has 3 rings (SSSR count). The molecule has 5 atom stereocenters. The number of aryl methyl sites for hydroxylation is 2. The maximum atomic E-state index is 12.6. The smallest absolute Gasteiger partial charge is 0.225 e. The maximum absolute atomic E-state index is 12.6. The number of rotatable bonds is 4. The van der Waals surface area contributed by atoms with Crippen LogP contribution in [0.1, 0.15) is 42.9 Å². The summed E-state index contributed by atoms with van der Waals surface area (Å²) < 4.78 is 0. The third kappa shape index (κ3) is 3.72. The molecule has 128 valence electrons. The van der Waals surface area contributed by atoms with Gasteiger partial charge in [0, 0.05) is 12.1 Å². The van der Waals surface area contributed by atoms with E-state index in [9.17, 15) is 4.79 Å². The molecule has 3 N–H and O–H groups in total. The molecule has 2 aliphatic rings. The molecule has 2 bridgehead atoms. The highest BCUT2D eigenvalue weighted by molar-refractivity contribution is 5.85. The molecular formula is C19H29ClN2O. The van der Waals surface area contributed by atoms with Crippen LogP contribution in [0.3, 0.4) is 0 Å². The number of nitrogens with one attached hydrogen (secondary N) is 1. The Hall–Kier alpha value is -1.06. The second-order valence-corrected chi connectivity index (χ2v) is 7.48. The average molecular weight is 337 g/mol. The Balaban J connectivity index is 0.00000192. The van der Waals surface area contributed by atoms with Crippen molar-refractivity contribution in [2.75, 3.05) is 0 Å². The summed E-state index contributed by atoms with van der Waals surface area (Å²) in [5.41, 5.74) is 10.2. The van der Waals surface area contributed by atoms with Crippen LogP contribution in [0.15, 0.2) is 18.2 Å². The fourth-order valence-electron chi connectivity index (χ4n) is 4.52. The molecule has 1 aromatic rings. The van der Waals surface area contributed by atoms with Crippen LogP contribution in [0.25, 0.3) is 0 Å². The molecule has 0 radical (unpaired) electrons. The predicted molar refractivity (Wildman–Crippen MR) is 96.8 cm³/mol. The van der Waals surface area contributed by atoms with E-state index >= 15 is 0 Å². The molecule has 0 saturated heterocycles. The van der Waals surface area contributed by atoms with Gasteiger partial charge in [-0.1, -0.05) is 23.8 Å². The summed E-state index contributed by atoms with van der Waals surface area (Å²) in [7, 11) is 0. The summed E-state index contributed by atoms with van der Waals surface area (Å²) in [4.78, 5) is 12.6. The fourth-order valence-corrected chi connectivity index (χ4v) is 4.52. The van der Waals surface area contributed by atoms with Gasteiger partial charge in [0.2, 0.25) is 5.91 Å². The van der Waals surface area contributed by atoms with Crippen LogP contribution in [0.5, 0.6) is 0 Å². The normalized spacial score (nSPS) is 29.9. The molecule has 1 aromatic carbocycles. The minimum absolute atomic E-state index is 0. The minimum atomic E-state index is 0. The monoisotopic (exact) mass is 336 g/mol. The van der Waals surface area contributed by atoms with Gasteiger partial charge < -0.3 is 11.1 Å². The fraction of sp³-hybridized carbons (Fsp3) is 0.632. The number of halogens is 1. The second kappa shape index (κ2) is 7.23. The number of hydrogen-bond donors (Lipinski definition) is 2. The highest BCUT2D eigenvalue weighted by atomic mass is 35.5. The zero-order valence-corrected chi connectivity index (χ0v) is 15.2. The van der Waals surface area contributed by atoms with Gasteiger partial charge in [-0.25, -0.2) is 0 Å². The number of hydrogen-bond acceptors (Lipinski definition) is 2. The molecule has 2 aliphatic carbocycles. The van der Waals surface area contributed by atoms with E-state index in [2.05, 4.69) is 44.3 Å². The zero-order valence-electron chi connectivity index (χ0n) is 14.3. The van der Waals surface area contributed by atoms with Gasteiger partial charge in [0.1, 0.15) is 0 Å². The Morgan fingerprint density at radius 3 is 2.61 bits per heavy atom. The van der Waals surface area contributed by atoms with E-state index in [0.717, 1.165) is 12.8 Å². The first-order valence-corrected chi connectivity index (χ1v) is 8.57. The summed E-state index contributed by atoms with van der Waals surface area (Å²) in [6, 6.07) is 6.75. The Labute approximate surface area is 145 Å². The van der Waals surface area contributed by atoms with E-state index in [0.29, 0.717) is 11.8 Å². The standard InChI is InChI=1S/C19H28N2O.ClH/c1-11-4-5-14(12(2)8-11)9-13(3)21-19(22)17-15-6-7-16(10-15)18(17)20;/h4-5,8,13,15-18H,6-7,9-10,20H2,1-3H3,(H,21,22);1H. The Morgan fingerprint density at radius 2 is 2.00 bits per heavy atom. The van der Waals surface area contributed by atoms with Crippen molar-refractivity contribution in [1.82, 2.24) is 5.32 Å². The number of amides is 1. The SMILES string of the molecule is Cc1ccc(CC(C)NC(=O)C2C3CCC(C3)C2N)c(C)c1.Cl. The van der Waals surface area contributed by atoms with Gasteiger partial charge in [0.25, 0.3) is 0 Å². The maximum Gasteiger partial charge on any atom is 0.225 e. The van der Waals surface area contributed by atoms with Gasteiger partial charge in [-0.3, -0.25) is 4.79 Å². The number of fused-ring (bicyclic) bond motifs is 2. The largest absolute Gasteiger partial charge is 0.353 e. The van der Waals surface area contributed by atoms with Crippen molar-refractivity contribution in [3.8, 4) is 0 Å². The van der Waals surface area contributed by atoms with Gasteiger partial charge >= 0.3 is 0 Å². The van der Waals surface area contributed by atoms with Crippen molar-refractivity contribution >= 4 is 18.3 Å². The lowest BCUT2D eigenvalue weighted by atomic mass is 9.84. The molecule has 3 nitrogen and oxygen atoms in total. The van der Waals surface area contributed by atoms with Crippen LogP contribution in [0.4, 0.5) is 0 Å². The Kier molecular flexibility index (Phi) is 5.74. The third-order valence-corrected chi connectivity index (χ3v) is 5.70. The van der Waals surface area contributed by atoms with Gasteiger partial charge in [-0.05, 0) is 69.4 Å². The van der Waals surface area contributed by atoms with Crippen molar-refractivity contribution in [1.29, 1.82) is 0 Å². The van der Waals surface area contributed by atoms with E-state index in [-0.39, 0.29) is 36.3 Å². The lowest BCUT2D eigenvalue weighted by molar-refractivity contribution is -0.127. The molecular weight excluding hydrogens is 308 g/mol. The summed E-state index contributed by atoms with van der Waals surface area (Å²) in [6.45, 7) is 6.34. The van der Waals surface area contributed by atoms with Crippen LogP contribution in [0, 0.1) is 31.6 Å². The molecule has 0 aliphatic heterocycles. The summed E-state index contributed by atoms with van der Waals surface area (Å²) in [6.07, 6.45) is 4.44. The third-order valence-electron chi connectivity index (χ3n) is 5.70. The van der Waals surface area contributed by atoms with Crippen molar-refractivity contribution in [2.24, 2.45) is 23.5 Å². The second-order valence-electron chi connectivity index (χ2n) is 7.48. The van der Waals surface area contributed by atoms with Crippen LogP contribution in [-0.4, -0.2) is 18.0 Å². The molecule has 0 spiro atoms. The minimum Gasteiger partial charge on any atom is -0.353 e. The van der Waals surface area contributed by atoms with Crippen LogP contribution in [0.2, 0.25) is 0 Å². The topological polar surface area (TPSA) is 55.1 Å². The lowest BCUT2D eigenvalue weighted by Gasteiger charge is -2.28. The predicted octanol–water partition coefficient (Wildman–Crippen LogP) is 3.15. The summed E-state index contributed by atoms with van der Waals surface area (Å²) >= 11 is 0. The van der Waals surface area contributed by atoms with Crippen molar-refractivity contribution in [2.45, 2.75) is 58.5 Å². The van der Waals surface area contributed by atoms with Crippen LogP contribution in [-0.2, 0) is 11.2 Å². The first-order valence-electron chi connectivity index (χ1n) is 8.57.